The van der Waals surface area contributed by atoms with Crippen LogP contribution in [0.2, 0.25) is 0 Å². The second-order valence-corrected chi connectivity index (χ2v) is 4.94. The van der Waals surface area contributed by atoms with Gasteiger partial charge in [-0.05, 0) is 24.7 Å². The summed E-state index contributed by atoms with van der Waals surface area (Å²) in [5.74, 6) is 0.129. The maximum atomic E-state index is 12.6. The number of nitrogens with zero attached hydrogens (tertiary/aromatic N) is 2. The van der Waals surface area contributed by atoms with Crippen LogP contribution in [0.1, 0.15) is 25.5 Å². The second kappa shape index (κ2) is 5.68. The zero-order valence-corrected chi connectivity index (χ0v) is 11.0. The van der Waals surface area contributed by atoms with E-state index in [1.807, 2.05) is 0 Å². The molecule has 2 N–H and O–H groups in total. The number of hydrogen-bond donors (Lipinski definition) is 1. The Morgan fingerprint density at radius 3 is 2.65 bits per heavy atom. The van der Waals surface area contributed by atoms with Gasteiger partial charge >= 0.3 is 6.18 Å². The van der Waals surface area contributed by atoms with Crippen molar-refractivity contribution in [3.63, 3.8) is 0 Å². The average Bonchev–Trinajstić information content (AvgIpc) is 2.36. The van der Waals surface area contributed by atoms with E-state index in [1.165, 1.54) is 0 Å². The van der Waals surface area contributed by atoms with Gasteiger partial charge in [0.05, 0.1) is 6.61 Å². The minimum atomic E-state index is -4.56. The predicted molar refractivity (Wildman–Crippen MR) is 68.0 cm³/mol. The molecule has 0 saturated heterocycles. The largest absolute Gasteiger partial charge is 0.477 e. The highest BCUT2D eigenvalue weighted by molar-refractivity contribution is 5.27. The Kier molecular flexibility index (Phi) is 4.15. The SMILES string of the molecule is CC1CC=CCC1COc1cc(C(F)(F)F)nc(N)n1. The van der Waals surface area contributed by atoms with Gasteiger partial charge in [-0.2, -0.15) is 18.2 Å². The Labute approximate surface area is 114 Å². The molecule has 2 rings (SSSR count). The second-order valence-electron chi connectivity index (χ2n) is 4.94. The summed E-state index contributed by atoms with van der Waals surface area (Å²) in [4.78, 5) is 6.85. The van der Waals surface area contributed by atoms with Crippen molar-refractivity contribution >= 4 is 5.95 Å². The molecule has 0 spiro atoms. The van der Waals surface area contributed by atoms with Crippen LogP contribution < -0.4 is 10.5 Å². The molecule has 110 valence electrons. The molecule has 0 saturated carbocycles. The van der Waals surface area contributed by atoms with Crippen LogP contribution in [0.15, 0.2) is 18.2 Å². The normalized spacial score (nSPS) is 22.8. The number of anilines is 1. The lowest BCUT2D eigenvalue weighted by molar-refractivity contribution is -0.141. The molecule has 0 bridgehead atoms. The zero-order chi connectivity index (χ0) is 14.8. The Bertz CT molecular complexity index is 502. The third kappa shape index (κ3) is 3.61. The number of nitrogen functional groups attached to an aromatic ring is 1. The highest BCUT2D eigenvalue weighted by Gasteiger charge is 2.34. The molecule has 1 heterocycles. The fourth-order valence-corrected chi connectivity index (χ4v) is 2.09. The van der Waals surface area contributed by atoms with Gasteiger partial charge in [0.2, 0.25) is 11.8 Å². The van der Waals surface area contributed by atoms with Gasteiger partial charge in [-0.15, -0.1) is 0 Å². The van der Waals surface area contributed by atoms with Gasteiger partial charge in [0.1, 0.15) is 0 Å². The van der Waals surface area contributed by atoms with Crippen LogP contribution >= 0.6 is 0 Å². The number of ether oxygens (including phenoxy) is 1. The van der Waals surface area contributed by atoms with Gasteiger partial charge in [-0.3, -0.25) is 0 Å². The number of alkyl halides is 3. The summed E-state index contributed by atoms with van der Waals surface area (Å²) in [6, 6.07) is 0.777. The fourth-order valence-electron chi connectivity index (χ4n) is 2.09. The van der Waals surface area contributed by atoms with E-state index >= 15 is 0 Å². The van der Waals surface area contributed by atoms with E-state index in [-0.39, 0.29) is 11.8 Å². The first kappa shape index (κ1) is 14.6. The summed E-state index contributed by atoms with van der Waals surface area (Å²) in [7, 11) is 0. The first-order valence-electron chi connectivity index (χ1n) is 6.36. The molecule has 1 aliphatic carbocycles. The molecule has 1 aromatic rings. The lowest BCUT2D eigenvalue weighted by Crippen LogP contribution is -2.22. The number of allylic oxidation sites excluding steroid dienone is 2. The van der Waals surface area contributed by atoms with Crippen molar-refractivity contribution in [2.24, 2.45) is 11.8 Å². The summed E-state index contributed by atoms with van der Waals surface area (Å²) < 4.78 is 43.2. The molecule has 4 nitrogen and oxygen atoms in total. The van der Waals surface area contributed by atoms with Crippen molar-refractivity contribution in [3.05, 3.63) is 23.9 Å². The lowest BCUT2D eigenvalue weighted by Gasteiger charge is -2.24. The summed E-state index contributed by atoms with van der Waals surface area (Å²) >= 11 is 0. The molecule has 0 aromatic carbocycles. The number of halogens is 3. The summed E-state index contributed by atoms with van der Waals surface area (Å²) in [5, 5.41) is 0. The average molecular weight is 287 g/mol. The molecule has 1 aromatic heterocycles. The van der Waals surface area contributed by atoms with Crippen LogP contribution in [0.25, 0.3) is 0 Å². The predicted octanol–water partition coefficient (Wildman–Crippen LogP) is 3.06. The summed E-state index contributed by atoms with van der Waals surface area (Å²) in [6.45, 7) is 2.41. The van der Waals surface area contributed by atoms with E-state index in [4.69, 9.17) is 10.5 Å². The minimum Gasteiger partial charge on any atom is -0.477 e. The van der Waals surface area contributed by atoms with Crippen molar-refractivity contribution in [2.45, 2.75) is 25.9 Å². The third-order valence-corrected chi connectivity index (χ3v) is 3.37. The minimum absolute atomic E-state index is 0.133. The molecule has 7 heteroatoms. The number of nitrogens with two attached hydrogens (primary N) is 1. The molecular weight excluding hydrogens is 271 g/mol. The van der Waals surface area contributed by atoms with Gasteiger partial charge in [-0.1, -0.05) is 19.1 Å². The van der Waals surface area contributed by atoms with Crippen LogP contribution in [-0.2, 0) is 6.18 Å². The molecule has 2 unspecified atom stereocenters. The topological polar surface area (TPSA) is 61.0 Å². The first-order valence-corrected chi connectivity index (χ1v) is 6.36. The molecule has 2 atom stereocenters. The monoisotopic (exact) mass is 287 g/mol. The standard InChI is InChI=1S/C13H16F3N3O/c1-8-4-2-3-5-9(8)7-20-11-6-10(13(14,15)16)18-12(17)19-11/h2-3,6,8-9H,4-5,7H2,1H3,(H2,17,18,19). The van der Waals surface area contributed by atoms with E-state index in [1.54, 1.807) is 0 Å². The molecule has 0 fully saturated rings. The molecule has 20 heavy (non-hydrogen) atoms. The van der Waals surface area contributed by atoms with Crippen LogP contribution in [-0.4, -0.2) is 16.6 Å². The van der Waals surface area contributed by atoms with Gasteiger partial charge < -0.3 is 10.5 Å². The van der Waals surface area contributed by atoms with Crippen LogP contribution in [0, 0.1) is 11.8 Å². The summed E-state index contributed by atoms with van der Waals surface area (Å²) in [6.07, 6.45) is 1.41. The van der Waals surface area contributed by atoms with Crippen LogP contribution in [0.5, 0.6) is 5.88 Å². The summed E-state index contributed by atoms with van der Waals surface area (Å²) in [5.41, 5.74) is 4.19. The third-order valence-electron chi connectivity index (χ3n) is 3.37. The molecule has 0 amide bonds. The highest BCUT2D eigenvalue weighted by atomic mass is 19.4. The Hall–Kier alpha value is -1.79. The van der Waals surface area contributed by atoms with E-state index in [9.17, 15) is 13.2 Å². The van der Waals surface area contributed by atoms with Gasteiger partial charge in [-0.25, -0.2) is 4.98 Å². The number of hydrogen-bond acceptors (Lipinski definition) is 4. The van der Waals surface area contributed by atoms with Crippen molar-refractivity contribution < 1.29 is 17.9 Å². The van der Waals surface area contributed by atoms with Gasteiger partial charge in [0.15, 0.2) is 5.69 Å². The molecule has 1 aliphatic rings. The van der Waals surface area contributed by atoms with Gasteiger partial charge in [0.25, 0.3) is 0 Å². The maximum Gasteiger partial charge on any atom is 0.433 e. The molecule has 0 aliphatic heterocycles. The van der Waals surface area contributed by atoms with E-state index in [0.717, 1.165) is 18.9 Å². The fraction of sp³-hybridized carbons (Fsp3) is 0.538. The number of aromatic nitrogens is 2. The Morgan fingerprint density at radius 1 is 1.30 bits per heavy atom. The van der Waals surface area contributed by atoms with E-state index in [2.05, 4.69) is 29.0 Å². The number of rotatable bonds is 3. The van der Waals surface area contributed by atoms with E-state index in [0.29, 0.717) is 12.5 Å². The van der Waals surface area contributed by atoms with Gasteiger partial charge in [0, 0.05) is 6.07 Å². The van der Waals surface area contributed by atoms with Crippen LogP contribution in [0.3, 0.4) is 0 Å². The van der Waals surface area contributed by atoms with Crippen LogP contribution in [0.4, 0.5) is 19.1 Å². The van der Waals surface area contributed by atoms with Crippen molar-refractivity contribution in [3.8, 4) is 5.88 Å². The van der Waals surface area contributed by atoms with Crippen molar-refractivity contribution in [1.82, 2.24) is 9.97 Å². The Morgan fingerprint density at radius 2 is 2.00 bits per heavy atom. The van der Waals surface area contributed by atoms with E-state index < -0.39 is 17.8 Å². The smallest absolute Gasteiger partial charge is 0.433 e. The first-order chi connectivity index (χ1) is 9.36. The molecule has 0 radical (unpaired) electrons. The quantitative estimate of drug-likeness (QED) is 0.868. The van der Waals surface area contributed by atoms with Crippen molar-refractivity contribution in [2.75, 3.05) is 12.3 Å². The Balaban J connectivity index is 2.06. The van der Waals surface area contributed by atoms with Crippen molar-refractivity contribution in [1.29, 1.82) is 0 Å². The highest BCUT2D eigenvalue weighted by Crippen LogP contribution is 2.30. The lowest BCUT2D eigenvalue weighted by atomic mass is 9.85. The maximum absolute atomic E-state index is 12.6. The zero-order valence-electron chi connectivity index (χ0n) is 11.0. The molecular formula is C13H16F3N3O.